The van der Waals surface area contributed by atoms with Crippen LogP contribution in [0.3, 0.4) is 0 Å². The average Bonchev–Trinajstić information content (AvgIpc) is 2.37. The number of benzene rings is 1. The van der Waals surface area contributed by atoms with E-state index in [-0.39, 0.29) is 17.8 Å². The van der Waals surface area contributed by atoms with Gasteiger partial charge in [-0.2, -0.15) is 0 Å². The third-order valence-electron chi connectivity index (χ3n) is 3.14. The number of rotatable bonds is 3. The van der Waals surface area contributed by atoms with E-state index in [4.69, 9.17) is 11.6 Å². The van der Waals surface area contributed by atoms with E-state index >= 15 is 0 Å². The Labute approximate surface area is 120 Å². The number of anilines is 1. The Morgan fingerprint density at radius 2 is 2.20 bits per heavy atom. The summed E-state index contributed by atoms with van der Waals surface area (Å²) in [5.74, 6) is -2.03. The SMILES string of the molecule is CCC1C(=O)NC(=O)CN1c1cc(Cl)ccc1C(=O)O. The monoisotopic (exact) mass is 296 g/mol. The number of imide groups is 1. The van der Waals surface area contributed by atoms with E-state index in [1.165, 1.54) is 23.1 Å². The molecule has 1 aromatic carbocycles. The fourth-order valence-corrected chi connectivity index (χ4v) is 2.42. The van der Waals surface area contributed by atoms with Gasteiger partial charge >= 0.3 is 5.97 Å². The Bertz CT molecular complexity index is 588. The second-order valence-electron chi connectivity index (χ2n) is 4.43. The molecule has 1 unspecified atom stereocenters. The molecule has 2 N–H and O–H groups in total. The summed E-state index contributed by atoms with van der Waals surface area (Å²) in [4.78, 5) is 36.1. The molecule has 0 spiro atoms. The number of halogens is 1. The normalized spacial score (nSPS) is 18.9. The maximum atomic E-state index is 11.8. The fraction of sp³-hybridized carbons (Fsp3) is 0.308. The van der Waals surface area contributed by atoms with Gasteiger partial charge in [0.05, 0.1) is 17.8 Å². The summed E-state index contributed by atoms with van der Waals surface area (Å²) < 4.78 is 0. The first kappa shape index (κ1) is 14.3. The van der Waals surface area contributed by atoms with E-state index in [0.717, 1.165) is 0 Å². The number of nitrogens with one attached hydrogen (secondary N) is 1. The van der Waals surface area contributed by atoms with E-state index in [2.05, 4.69) is 5.32 Å². The van der Waals surface area contributed by atoms with Crippen LogP contribution in [0.15, 0.2) is 18.2 Å². The van der Waals surface area contributed by atoms with Crippen molar-refractivity contribution in [2.24, 2.45) is 0 Å². The number of hydrogen-bond acceptors (Lipinski definition) is 4. The Hall–Kier alpha value is -2.08. The van der Waals surface area contributed by atoms with E-state index in [1.807, 2.05) is 0 Å². The van der Waals surface area contributed by atoms with Crippen LogP contribution in [-0.4, -0.2) is 35.5 Å². The average molecular weight is 297 g/mol. The summed E-state index contributed by atoms with van der Waals surface area (Å²) in [7, 11) is 0. The van der Waals surface area contributed by atoms with Crippen molar-refractivity contribution in [3.63, 3.8) is 0 Å². The number of aromatic carboxylic acids is 1. The number of carboxylic acid groups (broad SMARTS) is 1. The molecule has 1 fully saturated rings. The largest absolute Gasteiger partial charge is 0.478 e. The Morgan fingerprint density at radius 1 is 1.50 bits per heavy atom. The molecule has 106 valence electrons. The van der Waals surface area contributed by atoms with Gasteiger partial charge in [-0.05, 0) is 24.6 Å². The van der Waals surface area contributed by atoms with Crippen LogP contribution in [0.2, 0.25) is 5.02 Å². The Balaban J connectivity index is 2.52. The number of hydrogen-bond donors (Lipinski definition) is 2. The van der Waals surface area contributed by atoms with Crippen LogP contribution in [-0.2, 0) is 9.59 Å². The molecule has 1 heterocycles. The van der Waals surface area contributed by atoms with Crippen molar-refractivity contribution in [3.8, 4) is 0 Å². The number of carboxylic acids is 1. The van der Waals surface area contributed by atoms with Gasteiger partial charge < -0.3 is 10.0 Å². The highest BCUT2D eigenvalue weighted by atomic mass is 35.5. The first-order valence-corrected chi connectivity index (χ1v) is 6.45. The molecular formula is C13H13ClN2O4. The van der Waals surface area contributed by atoms with E-state index < -0.39 is 23.8 Å². The lowest BCUT2D eigenvalue weighted by atomic mass is 10.1. The first-order chi connectivity index (χ1) is 9.43. The lowest BCUT2D eigenvalue weighted by Gasteiger charge is -2.35. The van der Waals surface area contributed by atoms with Crippen molar-refractivity contribution in [1.82, 2.24) is 5.32 Å². The third-order valence-corrected chi connectivity index (χ3v) is 3.38. The van der Waals surface area contributed by atoms with Crippen molar-refractivity contribution in [2.45, 2.75) is 19.4 Å². The van der Waals surface area contributed by atoms with E-state index in [9.17, 15) is 19.5 Å². The molecule has 1 aliphatic rings. The predicted octanol–water partition coefficient (Wildman–Crippen LogP) is 1.28. The number of carbonyl (C=O) groups excluding carboxylic acids is 2. The summed E-state index contributed by atoms with van der Waals surface area (Å²) >= 11 is 5.90. The maximum absolute atomic E-state index is 11.8. The van der Waals surface area contributed by atoms with E-state index in [0.29, 0.717) is 11.4 Å². The number of piperazine rings is 1. The predicted molar refractivity (Wildman–Crippen MR) is 73.0 cm³/mol. The molecule has 1 saturated heterocycles. The van der Waals surface area contributed by atoms with Crippen molar-refractivity contribution >= 4 is 35.1 Å². The molecule has 1 aliphatic heterocycles. The quantitative estimate of drug-likeness (QED) is 0.821. The summed E-state index contributed by atoms with van der Waals surface area (Å²) in [5, 5.41) is 11.8. The van der Waals surface area contributed by atoms with Gasteiger partial charge in [-0.1, -0.05) is 18.5 Å². The summed E-state index contributed by atoms with van der Waals surface area (Å²) in [5.41, 5.74) is 0.287. The highest BCUT2D eigenvalue weighted by molar-refractivity contribution is 6.31. The number of nitrogens with zero attached hydrogens (tertiary/aromatic N) is 1. The van der Waals surface area contributed by atoms with Gasteiger partial charge in [0.1, 0.15) is 6.04 Å². The Morgan fingerprint density at radius 3 is 2.80 bits per heavy atom. The van der Waals surface area contributed by atoms with Crippen molar-refractivity contribution in [2.75, 3.05) is 11.4 Å². The smallest absolute Gasteiger partial charge is 0.337 e. The standard InChI is InChI=1S/C13H13ClN2O4/c1-2-9-12(18)15-11(17)6-16(9)10-5-7(14)3-4-8(10)13(19)20/h3-5,9H,2,6H2,1H3,(H,19,20)(H,15,17,18). The topological polar surface area (TPSA) is 86.7 Å². The van der Waals surface area contributed by atoms with Crippen molar-refractivity contribution < 1.29 is 19.5 Å². The van der Waals surface area contributed by atoms with Crippen LogP contribution in [0.5, 0.6) is 0 Å². The molecule has 2 amide bonds. The van der Waals surface area contributed by atoms with Gasteiger partial charge in [-0.3, -0.25) is 14.9 Å². The van der Waals surface area contributed by atoms with Crippen molar-refractivity contribution in [1.29, 1.82) is 0 Å². The molecule has 0 aliphatic carbocycles. The minimum absolute atomic E-state index is 0.00958. The minimum Gasteiger partial charge on any atom is -0.478 e. The first-order valence-electron chi connectivity index (χ1n) is 6.07. The van der Waals surface area contributed by atoms with Crippen LogP contribution in [0.4, 0.5) is 5.69 Å². The minimum atomic E-state index is -1.13. The molecule has 20 heavy (non-hydrogen) atoms. The second kappa shape index (κ2) is 5.50. The fourth-order valence-electron chi connectivity index (χ4n) is 2.25. The zero-order chi connectivity index (χ0) is 14.9. The molecular weight excluding hydrogens is 284 g/mol. The van der Waals surface area contributed by atoms with Gasteiger partial charge in [0, 0.05) is 5.02 Å². The summed E-state index contributed by atoms with van der Waals surface area (Å²) in [6.07, 6.45) is 0.449. The van der Waals surface area contributed by atoms with E-state index in [1.54, 1.807) is 6.92 Å². The van der Waals surface area contributed by atoms with Crippen LogP contribution < -0.4 is 10.2 Å². The van der Waals surface area contributed by atoms with Gasteiger partial charge in [-0.15, -0.1) is 0 Å². The molecule has 0 radical (unpaired) electrons. The van der Waals surface area contributed by atoms with Crippen LogP contribution in [0.25, 0.3) is 0 Å². The second-order valence-corrected chi connectivity index (χ2v) is 4.87. The van der Waals surface area contributed by atoms with Gasteiger partial charge in [0.2, 0.25) is 11.8 Å². The highest BCUT2D eigenvalue weighted by Gasteiger charge is 2.34. The molecule has 0 saturated carbocycles. The van der Waals surface area contributed by atoms with Gasteiger partial charge in [0.15, 0.2) is 0 Å². The van der Waals surface area contributed by atoms with Crippen LogP contribution in [0, 0.1) is 0 Å². The van der Waals surface area contributed by atoms with Crippen LogP contribution in [0.1, 0.15) is 23.7 Å². The highest BCUT2D eigenvalue weighted by Crippen LogP contribution is 2.28. The molecule has 7 heteroatoms. The third kappa shape index (κ3) is 2.60. The summed E-state index contributed by atoms with van der Waals surface area (Å²) in [6, 6.07) is 3.69. The van der Waals surface area contributed by atoms with Crippen molar-refractivity contribution in [3.05, 3.63) is 28.8 Å². The lowest BCUT2D eigenvalue weighted by molar-refractivity contribution is -0.132. The number of carbonyl (C=O) groups is 3. The molecule has 2 rings (SSSR count). The van der Waals surface area contributed by atoms with Gasteiger partial charge in [-0.25, -0.2) is 4.79 Å². The zero-order valence-electron chi connectivity index (χ0n) is 10.7. The maximum Gasteiger partial charge on any atom is 0.337 e. The van der Waals surface area contributed by atoms with Crippen LogP contribution >= 0.6 is 11.6 Å². The molecule has 1 aromatic rings. The number of amides is 2. The molecule has 0 aromatic heterocycles. The molecule has 0 bridgehead atoms. The van der Waals surface area contributed by atoms with Gasteiger partial charge in [0.25, 0.3) is 0 Å². The zero-order valence-corrected chi connectivity index (χ0v) is 11.5. The summed E-state index contributed by atoms with van der Waals surface area (Å²) in [6.45, 7) is 1.71. The Kier molecular flexibility index (Phi) is 3.94. The molecule has 6 nitrogen and oxygen atoms in total. The lowest BCUT2D eigenvalue weighted by Crippen LogP contribution is -2.58. The molecule has 1 atom stereocenters.